The Morgan fingerprint density at radius 1 is 1.04 bits per heavy atom. The van der Waals surface area contributed by atoms with Gasteiger partial charge in [0.25, 0.3) is 0 Å². The third kappa shape index (κ3) is 5.10. The summed E-state index contributed by atoms with van der Waals surface area (Å²) in [4.78, 5) is 23.7. The molecule has 1 aromatic heterocycles. The van der Waals surface area contributed by atoms with E-state index in [4.69, 9.17) is 23.2 Å². The molecule has 7 nitrogen and oxygen atoms in total. The summed E-state index contributed by atoms with van der Waals surface area (Å²) in [6.45, 7) is 0. The molecule has 0 bridgehead atoms. The van der Waals surface area contributed by atoms with Crippen LogP contribution < -0.4 is 10.7 Å². The summed E-state index contributed by atoms with van der Waals surface area (Å²) in [5, 5.41) is 15.6. The van der Waals surface area contributed by atoms with Crippen LogP contribution >= 0.6 is 34.5 Å². The number of hydrogen-bond acceptors (Lipinski definition) is 6. The lowest BCUT2D eigenvalue weighted by molar-refractivity contribution is -0.136. The van der Waals surface area contributed by atoms with Gasteiger partial charge in [-0.1, -0.05) is 70.9 Å². The lowest BCUT2D eigenvalue weighted by atomic mass is 10.2. The number of carbonyl (C=O) groups is 2. The van der Waals surface area contributed by atoms with Crippen molar-refractivity contribution in [2.45, 2.75) is 0 Å². The monoisotopic (exact) mass is 419 g/mol. The summed E-state index contributed by atoms with van der Waals surface area (Å²) in [5.74, 6) is -1.86. The summed E-state index contributed by atoms with van der Waals surface area (Å²) < 4.78 is 0. The fraction of sp³-hybridized carbons (Fsp3) is 0. The van der Waals surface area contributed by atoms with E-state index in [1.54, 1.807) is 18.2 Å². The van der Waals surface area contributed by atoms with Crippen molar-refractivity contribution < 1.29 is 9.59 Å². The molecule has 0 radical (unpaired) electrons. The van der Waals surface area contributed by atoms with Crippen molar-refractivity contribution in [1.29, 1.82) is 0 Å². The highest BCUT2D eigenvalue weighted by atomic mass is 35.5. The lowest BCUT2D eigenvalue weighted by Gasteiger charge is -2.00. The molecule has 0 atom stereocenters. The van der Waals surface area contributed by atoms with E-state index in [1.807, 2.05) is 30.3 Å². The van der Waals surface area contributed by atoms with E-state index in [9.17, 15) is 9.59 Å². The number of rotatable bonds is 4. The molecule has 0 aliphatic carbocycles. The second-order valence-electron chi connectivity index (χ2n) is 5.10. The van der Waals surface area contributed by atoms with Gasteiger partial charge in [0.2, 0.25) is 5.13 Å². The molecule has 3 aromatic rings. The van der Waals surface area contributed by atoms with Crippen LogP contribution in [0.4, 0.5) is 5.13 Å². The van der Waals surface area contributed by atoms with Crippen LogP contribution in [-0.4, -0.2) is 28.2 Å². The first-order chi connectivity index (χ1) is 13.0. The molecule has 136 valence electrons. The first-order valence-corrected chi connectivity index (χ1v) is 9.08. The summed E-state index contributed by atoms with van der Waals surface area (Å²) in [6, 6.07) is 14.2. The molecule has 0 unspecified atom stereocenters. The smallest absolute Gasteiger partial charge is 0.292 e. The maximum Gasteiger partial charge on any atom is 0.329 e. The van der Waals surface area contributed by atoms with Gasteiger partial charge < -0.3 is 0 Å². The molecule has 10 heteroatoms. The van der Waals surface area contributed by atoms with Crippen LogP contribution in [0.5, 0.6) is 0 Å². The Kier molecular flexibility index (Phi) is 6.12. The van der Waals surface area contributed by atoms with Crippen LogP contribution in [-0.2, 0) is 9.59 Å². The predicted octanol–water partition coefficient (Wildman–Crippen LogP) is 3.60. The number of anilines is 1. The third-order valence-corrected chi connectivity index (χ3v) is 4.65. The Labute approximate surface area is 168 Å². The average Bonchev–Trinajstić information content (AvgIpc) is 3.12. The van der Waals surface area contributed by atoms with Crippen LogP contribution in [0.2, 0.25) is 10.0 Å². The maximum atomic E-state index is 11.9. The summed E-state index contributed by atoms with van der Waals surface area (Å²) >= 11 is 12.9. The van der Waals surface area contributed by atoms with Crippen molar-refractivity contribution in [2.24, 2.45) is 5.10 Å². The Hall–Kier alpha value is -2.81. The molecule has 2 N–H and O–H groups in total. The largest absolute Gasteiger partial charge is 0.329 e. The maximum absolute atomic E-state index is 11.9. The third-order valence-electron chi connectivity index (χ3n) is 3.20. The first-order valence-electron chi connectivity index (χ1n) is 7.51. The van der Waals surface area contributed by atoms with E-state index < -0.39 is 11.8 Å². The number of nitrogens with zero attached hydrogens (tertiary/aromatic N) is 3. The van der Waals surface area contributed by atoms with Crippen molar-refractivity contribution >= 4 is 57.7 Å². The van der Waals surface area contributed by atoms with Crippen molar-refractivity contribution in [1.82, 2.24) is 15.6 Å². The number of hydrazone groups is 1. The summed E-state index contributed by atoms with van der Waals surface area (Å²) in [7, 11) is 0. The lowest BCUT2D eigenvalue weighted by Crippen LogP contribution is -2.32. The van der Waals surface area contributed by atoms with Crippen molar-refractivity contribution in [3.05, 3.63) is 64.1 Å². The highest BCUT2D eigenvalue weighted by Crippen LogP contribution is 2.25. The van der Waals surface area contributed by atoms with Crippen LogP contribution in [0.25, 0.3) is 10.6 Å². The quantitative estimate of drug-likeness (QED) is 0.383. The standard InChI is InChI=1S/C17H11Cl2N5O2S/c18-12-7-6-11(13(19)8-12)9-20-22-15(26)14(25)21-17-24-23-16(27-17)10-4-2-1-3-5-10/h1-9H,(H,22,26)(H,21,24,25)/b20-9-. The zero-order chi connectivity index (χ0) is 19.2. The van der Waals surface area contributed by atoms with E-state index in [1.165, 1.54) is 6.21 Å². The van der Waals surface area contributed by atoms with E-state index in [-0.39, 0.29) is 5.13 Å². The fourth-order valence-electron chi connectivity index (χ4n) is 1.94. The number of halogens is 2. The minimum absolute atomic E-state index is 0.207. The number of carbonyl (C=O) groups excluding carboxylic acids is 2. The van der Waals surface area contributed by atoms with E-state index in [0.29, 0.717) is 20.6 Å². The van der Waals surface area contributed by atoms with Gasteiger partial charge in [-0.25, -0.2) is 5.43 Å². The van der Waals surface area contributed by atoms with Crippen LogP contribution in [0.3, 0.4) is 0 Å². The first kappa shape index (κ1) is 19.0. The summed E-state index contributed by atoms with van der Waals surface area (Å²) in [6.07, 6.45) is 1.31. The molecule has 3 rings (SSSR count). The van der Waals surface area contributed by atoms with Crippen LogP contribution in [0.15, 0.2) is 53.6 Å². The summed E-state index contributed by atoms with van der Waals surface area (Å²) in [5.41, 5.74) is 3.52. The Balaban J connectivity index is 1.57. The minimum Gasteiger partial charge on any atom is -0.292 e. The fourth-order valence-corrected chi connectivity index (χ4v) is 3.14. The van der Waals surface area contributed by atoms with Gasteiger partial charge in [0.15, 0.2) is 0 Å². The van der Waals surface area contributed by atoms with E-state index in [0.717, 1.165) is 16.9 Å². The van der Waals surface area contributed by atoms with Crippen LogP contribution in [0.1, 0.15) is 5.56 Å². The second-order valence-corrected chi connectivity index (χ2v) is 6.92. The molecule has 0 saturated carbocycles. The normalized spacial score (nSPS) is 10.7. The molecule has 0 spiro atoms. The van der Waals surface area contributed by atoms with Gasteiger partial charge in [-0.3, -0.25) is 14.9 Å². The molecule has 27 heavy (non-hydrogen) atoms. The van der Waals surface area contributed by atoms with Gasteiger partial charge in [-0.2, -0.15) is 5.10 Å². The SMILES string of the molecule is O=C(N/N=C\c1ccc(Cl)cc1Cl)C(=O)Nc1nnc(-c2ccccc2)s1. The van der Waals surface area contributed by atoms with Crippen molar-refractivity contribution in [2.75, 3.05) is 5.32 Å². The topological polar surface area (TPSA) is 96.3 Å². The average molecular weight is 420 g/mol. The molecule has 2 amide bonds. The number of hydrogen-bond donors (Lipinski definition) is 2. The van der Waals surface area contributed by atoms with Crippen LogP contribution in [0, 0.1) is 0 Å². The van der Waals surface area contributed by atoms with Gasteiger partial charge in [-0.05, 0) is 12.1 Å². The molecular formula is C17H11Cl2N5O2S. The molecular weight excluding hydrogens is 409 g/mol. The minimum atomic E-state index is -0.951. The number of nitrogens with one attached hydrogen (secondary N) is 2. The molecule has 0 aliphatic rings. The predicted molar refractivity (Wildman–Crippen MR) is 106 cm³/mol. The Morgan fingerprint density at radius 3 is 2.56 bits per heavy atom. The van der Waals surface area contributed by atoms with E-state index >= 15 is 0 Å². The van der Waals surface area contributed by atoms with Gasteiger partial charge >= 0.3 is 11.8 Å². The highest BCUT2D eigenvalue weighted by Gasteiger charge is 2.16. The number of aromatic nitrogens is 2. The van der Waals surface area contributed by atoms with Gasteiger partial charge in [0.05, 0.1) is 11.2 Å². The molecule has 0 fully saturated rings. The Morgan fingerprint density at radius 2 is 1.81 bits per heavy atom. The molecule has 2 aromatic carbocycles. The molecule has 1 heterocycles. The highest BCUT2D eigenvalue weighted by molar-refractivity contribution is 7.18. The Bertz CT molecular complexity index is 1010. The van der Waals surface area contributed by atoms with Gasteiger partial charge in [-0.15, -0.1) is 10.2 Å². The molecule has 0 saturated heterocycles. The number of benzene rings is 2. The zero-order valence-corrected chi connectivity index (χ0v) is 15.8. The van der Waals surface area contributed by atoms with Crippen molar-refractivity contribution in [3.8, 4) is 10.6 Å². The molecule has 0 aliphatic heterocycles. The van der Waals surface area contributed by atoms with E-state index in [2.05, 4.69) is 26.0 Å². The van der Waals surface area contributed by atoms with Gasteiger partial charge in [0.1, 0.15) is 5.01 Å². The zero-order valence-electron chi connectivity index (χ0n) is 13.5. The van der Waals surface area contributed by atoms with Gasteiger partial charge in [0, 0.05) is 16.1 Å². The number of amides is 2. The second kappa shape index (κ2) is 8.72. The van der Waals surface area contributed by atoms with Crippen molar-refractivity contribution in [3.63, 3.8) is 0 Å².